The van der Waals surface area contributed by atoms with Crippen LogP contribution in [0.4, 0.5) is 0 Å². The van der Waals surface area contributed by atoms with Crippen molar-refractivity contribution < 1.29 is 9.53 Å². The predicted octanol–water partition coefficient (Wildman–Crippen LogP) is 0.790. The molecule has 0 spiro atoms. The van der Waals surface area contributed by atoms with Crippen LogP contribution in [0.5, 0.6) is 0 Å². The van der Waals surface area contributed by atoms with Crippen LogP contribution in [-0.4, -0.2) is 49.2 Å². The highest BCUT2D eigenvalue weighted by Gasteiger charge is 2.28. The van der Waals surface area contributed by atoms with Crippen LogP contribution in [0.15, 0.2) is 12.2 Å². The van der Waals surface area contributed by atoms with Gasteiger partial charge in [-0.15, -0.1) is 0 Å². The predicted molar refractivity (Wildman–Crippen MR) is 64.3 cm³/mol. The molecule has 16 heavy (non-hydrogen) atoms. The van der Waals surface area contributed by atoms with Crippen molar-refractivity contribution in [2.45, 2.75) is 26.3 Å². The van der Waals surface area contributed by atoms with Crippen molar-refractivity contribution >= 4 is 5.97 Å². The van der Waals surface area contributed by atoms with Gasteiger partial charge in [0, 0.05) is 37.8 Å². The molecule has 0 bridgehead atoms. The van der Waals surface area contributed by atoms with E-state index in [0.717, 1.165) is 26.2 Å². The average molecular weight is 226 g/mol. The van der Waals surface area contributed by atoms with Crippen molar-refractivity contribution in [3.63, 3.8) is 0 Å². The van der Waals surface area contributed by atoms with E-state index in [1.165, 1.54) is 6.08 Å². The summed E-state index contributed by atoms with van der Waals surface area (Å²) in [6, 6.07) is 0. The van der Waals surface area contributed by atoms with E-state index in [1.54, 1.807) is 0 Å². The van der Waals surface area contributed by atoms with Crippen LogP contribution in [0.2, 0.25) is 0 Å². The Balaban J connectivity index is 2.38. The first-order valence-electron chi connectivity index (χ1n) is 5.85. The molecule has 0 aromatic carbocycles. The number of esters is 1. The van der Waals surface area contributed by atoms with E-state index >= 15 is 0 Å². The van der Waals surface area contributed by atoms with E-state index in [-0.39, 0.29) is 11.5 Å². The zero-order valence-corrected chi connectivity index (χ0v) is 10.5. The normalized spacial score (nSPS) is 21.2. The third kappa shape index (κ3) is 3.94. The molecule has 0 aliphatic carbocycles. The van der Waals surface area contributed by atoms with Crippen LogP contribution in [0.3, 0.4) is 0 Å². The Morgan fingerprint density at radius 1 is 1.56 bits per heavy atom. The van der Waals surface area contributed by atoms with E-state index in [9.17, 15) is 4.79 Å². The van der Waals surface area contributed by atoms with Gasteiger partial charge in [0.1, 0.15) is 0 Å². The molecule has 1 saturated heterocycles. The summed E-state index contributed by atoms with van der Waals surface area (Å²) in [7, 11) is 0. The maximum Gasteiger partial charge on any atom is 0.330 e. The van der Waals surface area contributed by atoms with Crippen LogP contribution in [0, 0.1) is 0 Å². The lowest BCUT2D eigenvalue weighted by atomic mass is 10.0. The van der Waals surface area contributed by atoms with Crippen molar-refractivity contribution in [1.82, 2.24) is 10.2 Å². The van der Waals surface area contributed by atoms with Crippen LogP contribution < -0.4 is 5.32 Å². The van der Waals surface area contributed by atoms with Crippen molar-refractivity contribution in [3.8, 4) is 0 Å². The minimum atomic E-state index is -0.254. The van der Waals surface area contributed by atoms with Gasteiger partial charge >= 0.3 is 5.97 Å². The number of carbonyl (C=O) groups excluding carboxylic acids is 1. The molecule has 1 aliphatic rings. The molecule has 0 aromatic rings. The highest BCUT2D eigenvalue weighted by atomic mass is 16.5. The highest BCUT2D eigenvalue weighted by Crippen LogP contribution is 2.15. The van der Waals surface area contributed by atoms with E-state index in [2.05, 4.69) is 24.1 Å². The van der Waals surface area contributed by atoms with Crippen molar-refractivity contribution in [2.75, 3.05) is 32.8 Å². The molecule has 1 N–H and O–H groups in total. The summed E-state index contributed by atoms with van der Waals surface area (Å²) in [6.45, 7) is 10.5. The number of carbonyl (C=O) groups is 1. The Morgan fingerprint density at radius 3 is 2.94 bits per heavy atom. The number of nitrogens with zero attached hydrogens (tertiary/aromatic N) is 1. The average Bonchev–Trinajstić information content (AvgIpc) is 2.21. The molecule has 0 radical (unpaired) electrons. The van der Waals surface area contributed by atoms with Gasteiger partial charge in [-0.25, -0.2) is 4.79 Å². The fraction of sp³-hybridized carbons (Fsp3) is 0.750. The molecule has 0 amide bonds. The lowest BCUT2D eigenvalue weighted by molar-refractivity contribution is -0.137. The molecular formula is C12H22N2O2. The van der Waals surface area contributed by atoms with E-state index in [1.807, 2.05) is 13.0 Å². The largest absolute Gasteiger partial charge is 0.463 e. The Hall–Kier alpha value is -0.870. The number of nitrogens with one attached hydrogen (secondary N) is 1. The van der Waals surface area contributed by atoms with Gasteiger partial charge in [0.25, 0.3) is 0 Å². The minimum absolute atomic E-state index is 0.150. The first-order valence-corrected chi connectivity index (χ1v) is 5.85. The number of rotatable bonds is 4. The number of piperazine rings is 1. The summed E-state index contributed by atoms with van der Waals surface area (Å²) < 4.78 is 4.83. The van der Waals surface area contributed by atoms with Crippen LogP contribution >= 0.6 is 0 Å². The molecule has 0 saturated carbocycles. The van der Waals surface area contributed by atoms with Gasteiger partial charge in [-0.05, 0) is 20.8 Å². The quantitative estimate of drug-likeness (QED) is 0.568. The summed E-state index contributed by atoms with van der Waals surface area (Å²) in [6.07, 6.45) is 3.40. The summed E-state index contributed by atoms with van der Waals surface area (Å²) in [5.74, 6) is -0.254. The molecule has 0 atom stereocenters. The Labute approximate surface area is 97.6 Å². The highest BCUT2D eigenvalue weighted by molar-refractivity contribution is 5.81. The van der Waals surface area contributed by atoms with Crippen molar-refractivity contribution in [2.24, 2.45) is 0 Å². The summed E-state index contributed by atoms with van der Waals surface area (Å²) in [5, 5.41) is 3.37. The van der Waals surface area contributed by atoms with Crippen LogP contribution in [0.1, 0.15) is 20.8 Å². The monoisotopic (exact) mass is 226 g/mol. The molecule has 4 heteroatoms. The molecular weight excluding hydrogens is 204 g/mol. The lowest BCUT2D eigenvalue weighted by Crippen LogP contribution is -2.57. The fourth-order valence-corrected chi connectivity index (χ4v) is 1.83. The third-order valence-electron chi connectivity index (χ3n) is 2.84. The fourth-order valence-electron chi connectivity index (χ4n) is 1.83. The van der Waals surface area contributed by atoms with Gasteiger partial charge in [-0.1, -0.05) is 6.08 Å². The standard InChI is InChI=1S/C12H22N2O2/c1-4-16-11(15)6-5-8-14-9-7-13-10-12(14,2)3/h5-6,13H,4,7-10H2,1-3H3/b6-5+. The van der Waals surface area contributed by atoms with Crippen LogP contribution in [0.25, 0.3) is 0 Å². The molecule has 92 valence electrons. The second kappa shape index (κ2) is 6.01. The third-order valence-corrected chi connectivity index (χ3v) is 2.84. The molecule has 1 aliphatic heterocycles. The zero-order chi connectivity index (χ0) is 12.0. The topological polar surface area (TPSA) is 41.6 Å². The Kier molecular flexibility index (Phi) is 4.96. The van der Waals surface area contributed by atoms with Crippen LogP contribution in [-0.2, 0) is 9.53 Å². The molecule has 4 nitrogen and oxygen atoms in total. The second-order valence-corrected chi connectivity index (χ2v) is 4.59. The Bertz CT molecular complexity index is 262. The van der Waals surface area contributed by atoms with Crippen molar-refractivity contribution in [1.29, 1.82) is 0 Å². The van der Waals surface area contributed by atoms with Gasteiger partial charge < -0.3 is 10.1 Å². The van der Waals surface area contributed by atoms with E-state index in [4.69, 9.17) is 4.74 Å². The van der Waals surface area contributed by atoms with Gasteiger partial charge in [-0.3, -0.25) is 4.90 Å². The van der Waals surface area contributed by atoms with Gasteiger partial charge in [0.15, 0.2) is 0 Å². The molecule has 1 fully saturated rings. The van der Waals surface area contributed by atoms with Gasteiger partial charge in [-0.2, -0.15) is 0 Å². The Morgan fingerprint density at radius 2 is 2.31 bits per heavy atom. The molecule has 0 aromatic heterocycles. The summed E-state index contributed by atoms with van der Waals surface area (Å²) in [4.78, 5) is 13.5. The summed E-state index contributed by atoms with van der Waals surface area (Å²) >= 11 is 0. The maximum absolute atomic E-state index is 11.1. The molecule has 1 rings (SSSR count). The zero-order valence-electron chi connectivity index (χ0n) is 10.5. The first kappa shape index (κ1) is 13.2. The number of hydrogen-bond acceptors (Lipinski definition) is 4. The summed E-state index contributed by atoms with van der Waals surface area (Å²) in [5.41, 5.74) is 0.150. The molecule has 0 unspecified atom stereocenters. The number of ether oxygens (including phenoxy) is 1. The SMILES string of the molecule is CCOC(=O)/C=C/CN1CCNCC1(C)C. The van der Waals surface area contributed by atoms with Gasteiger partial charge in [0.2, 0.25) is 0 Å². The van der Waals surface area contributed by atoms with Gasteiger partial charge in [0.05, 0.1) is 6.61 Å². The van der Waals surface area contributed by atoms with Crippen molar-refractivity contribution in [3.05, 3.63) is 12.2 Å². The lowest BCUT2D eigenvalue weighted by Gasteiger charge is -2.42. The van der Waals surface area contributed by atoms with E-state index < -0.39 is 0 Å². The second-order valence-electron chi connectivity index (χ2n) is 4.59. The number of hydrogen-bond donors (Lipinski definition) is 1. The maximum atomic E-state index is 11.1. The smallest absolute Gasteiger partial charge is 0.330 e. The van der Waals surface area contributed by atoms with E-state index in [0.29, 0.717) is 6.61 Å². The molecule has 1 heterocycles. The first-order chi connectivity index (χ1) is 7.56. The minimum Gasteiger partial charge on any atom is -0.463 e.